The number of carbonyl (C=O) groups is 2. The number of fused-ring (bicyclic) bond motifs is 5. The predicted molar refractivity (Wildman–Crippen MR) is 129 cm³/mol. The van der Waals surface area contributed by atoms with Gasteiger partial charge in [-0.25, -0.2) is 0 Å². The molecule has 1 aromatic heterocycles. The minimum atomic E-state index is -5.05. The van der Waals surface area contributed by atoms with Gasteiger partial charge in [0.25, 0.3) is 0 Å². The first-order chi connectivity index (χ1) is 17.3. The summed E-state index contributed by atoms with van der Waals surface area (Å²) < 4.78 is 39.7. The topological polar surface area (TPSA) is 74.3 Å². The summed E-state index contributed by atoms with van der Waals surface area (Å²) in [6.07, 6.45) is -1.83. The number of benzene rings is 2. The van der Waals surface area contributed by atoms with Crippen molar-refractivity contribution >= 4 is 23.2 Å². The normalized spacial score (nSPS) is 22.9. The smallest absolute Gasteiger partial charge is 0.363 e. The lowest BCUT2D eigenvalue weighted by molar-refractivity contribution is -0.175. The Morgan fingerprint density at radius 3 is 2.28 bits per heavy atom. The van der Waals surface area contributed by atoms with Crippen molar-refractivity contribution in [3.63, 3.8) is 0 Å². The van der Waals surface area contributed by atoms with E-state index in [9.17, 15) is 22.8 Å². The van der Waals surface area contributed by atoms with Gasteiger partial charge < -0.3 is 15.5 Å². The lowest BCUT2D eigenvalue weighted by atomic mass is 9.78. The first kappa shape index (κ1) is 23.8. The van der Waals surface area contributed by atoms with Crippen molar-refractivity contribution in [3.8, 4) is 0 Å². The summed E-state index contributed by atoms with van der Waals surface area (Å²) in [4.78, 5) is 31.8. The Bertz CT molecular complexity index is 1280. The summed E-state index contributed by atoms with van der Waals surface area (Å²) in [6.45, 7) is 2.47. The maximum absolute atomic E-state index is 13.8. The average Bonchev–Trinajstić information content (AvgIpc) is 2.97. The summed E-state index contributed by atoms with van der Waals surface area (Å²) in [5.41, 5.74) is 4.36. The van der Waals surface area contributed by atoms with E-state index in [0.29, 0.717) is 12.2 Å². The number of nitrogens with zero attached hydrogens (tertiary/aromatic N) is 2. The average molecular weight is 495 g/mol. The van der Waals surface area contributed by atoms with Crippen molar-refractivity contribution in [1.82, 2.24) is 10.3 Å². The van der Waals surface area contributed by atoms with E-state index in [1.54, 1.807) is 12.1 Å². The maximum Gasteiger partial charge on any atom is 0.471 e. The highest BCUT2D eigenvalue weighted by atomic mass is 19.4. The SMILES string of the molecule is C[C@@H]1c2ccccc2[C@H]2C(C(=O)Nc3ccncc3)[C@H](NC(=O)C(F)(F)F)CCN2c2ccccc21. The summed E-state index contributed by atoms with van der Waals surface area (Å²) in [7, 11) is 0. The number of pyridine rings is 1. The summed E-state index contributed by atoms with van der Waals surface area (Å²) in [5, 5.41) is 4.97. The lowest BCUT2D eigenvalue weighted by Crippen LogP contribution is -2.58. The van der Waals surface area contributed by atoms with Gasteiger partial charge >= 0.3 is 12.1 Å². The van der Waals surface area contributed by atoms with Gasteiger partial charge in [0.15, 0.2) is 0 Å². The fourth-order valence-electron chi connectivity index (χ4n) is 5.50. The van der Waals surface area contributed by atoms with Gasteiger partial charge in [0.2, 0.25) is 5.91 Å². The van der Waals surface area contributed by atoms with E-state index in [0.717, 1.165) is 22.4 Å². The van der Waals surface area contributed by atoms with Crippen LogP contribution in [0.5, 0.6) is 0 Å². The Morgan fingerprint density at radius 1 is 0.944 bits per heavy atom. The highest BCUT2D eigenvalue weighted by Crippen LogP contribution is 2.48. The van der Waals surface area contributed by atoms with E-state index in [4.69, 9.17) is 0 Å². The van der Waals surface area contributed by atoms with Gasteiger partial charge in [0, 0.05) is 42.3 Å². The van der Waals surface area contributed by atoms with Gasteiger partial charge in [-0.05, 0) is 41.3 Å². The van der Waals surface area contributed by atoms with Crippen LogP contribution in [0.3, 0.4) is 0 Å². The molecule has 5 rings (SSSR count). The number of hydrogen-bond donors (Lipinski definition) is 2. The summed E-state index contributed by atoms with van der Waals surface area (Å²) >= 11 is 0. The van der Waals surface area contributed by atoms with Crippen LogP contribution in [0, 0.1) is 5.92 Å². The van der Waals surface area contributed by atoms with Crippen LogP contribution < -0.4 is 15.5 Å². The molecule has 1 saturated heterocycles. The first-order valence-corrected chi connectivity index (χ1v) is 11.8. The molecule has 2 N–H and O–H groups in total. The molecule has 0 aliphatic carbocycles. The van der Waals surface area contributed by atoms with Crippen LogP contribution in [0.4, 0.5) is 24.5 Å². The van der Waals surface area contributed by atoms with E-state index < -0.39 is 36.0 Å². The molecule has 4 atom stereocenters. The highest BCUT2D eigenvalue weighted by Gasteiger charge is 2.49. The third kappa shape index (κ3) is 4.29. The molecule has 2 aromatic carbocycles. The van der Waals surface area contributed by atoms with Crippen molar-refractivity contribution in [3.05, 3.63) is 89.7 Å². The van der Waals surface area contributed by atoms with Gasteiger partial charge in [-0.3, -0.25) is 14.6 Å². The number of amides is 2. The third-order valence-electron chi connectivity index (χ3n) is 7.11. The predicted octanol–water partition coefficient (Wildman–Crippen LogP) is 4.80. The number of nitrogens with one attached hydrogen (secondary N) is 2. The number of carbonyl (C=O) groups excluding carboxylic acids is 2. The second-order valence-corrected chi connectivity index (χ2v) is 9.16. The molecule has 2 aliphatic rings. The molecule has 2 amide bonds. The minimum Gasteiger partial charge on any atom is -0.363 e. The molecule has 2 aliphatic heterocycles. The van der Waals surface area contributed by atoms with Crippen molar-refractivity contribution < 1.29 is 22.8 Å². The lowest BCUT2D eigenvalue weighted by Gasteiger charge is -2.46. The number of alkyl halides is 3. The van der Waals surface area contributed by atoms with Crippen molar-refractivity contribution in [2.45, 2.75) is 37.5 Å². The molecule has 0 radical (unpaired) electrons. The number of anilines is 2. The molecule has 6 nitrogen and oxygen atoms in total. The van der Waals surface area contributed by atoms with Gasteiger partial charge in [0.05, 0.1) is 12.0 Å². The van der Waals surface area contributed by atoms with Crippen LogP contribution in [0.2, 0.25) is 0 Å². The molecular formula is C27H25F3N4O2. The van der Waals surface area contributed by atoms with Gasteiger partial charge in [0.1, 0.15) is 0 Å². The van der Waals surface area contributed by atoms with Crippen molar-refractivity contribution in [1.29, 1.82) is 0 Å². The quantitative estimate of drug-likeness (QED) is 0.549. The number of rotatable bonds is 3. The van der Waals surface area contributed by atoms with Crippen LogP contribution >= 0.6 is 0 Å². The van der Waals surface area contributed by atoms with Gasteiger partial charge in [-0.15, -0.1) is 0 Å². The minimum absolute atomic E-state index is 0.00938. The van der Waals surface area contributed by atoms with Crippen LogP contribution in [0.1, 0.15) is 42.0 Å². The molecule has 1 fully saturated rings. The summed E-state index contributed by atoms with van der Waals surface area (Å²) in [6, 6.07) is 17.2. The molecule has 186 valence electrons. The van der Waals surface area contributed by atoms with Crippen molar-refractivity contribution in [2.24, 2.45) is 5.92 Å². The molecule has 0 saturated carbocycles. The zero-order chi connectivity index (χ0) is 25.4. The van der Waals surface area contributed by atoms with Gasteiger partial charge in [-0.1, -0.05) is 49.4 Å². The molecule has 3 aromatic rings. The number of halogens is 3. The molecular weight excluding hydrogens is 469 g/mol. The molecule has 0 spiro atoms. The van der Waals surface area contributed by atoms with Gasteiger partial charge in [-0.2, -0.15) is 13.2 Å². The molecule has 1 unspecified atom stereocenters. The van der Waals surface area contributed by atoms with E-state index in [1.165, 1.54) is 12.4 Å². The maximum atomic E-state index is 13.8. The van der Waals surface area contributed by atoms with Crippen LogP contribution in [0.15, 0.2) is 73.1 Å². The zero-order valence-electron chi connectivity index (χ0n) is 19.5. The number of hydrogen-bond acceptors (Lipinski definition) is 4. The summed E-state index contributed by atoms with van der Waals surface area (Å²) in [5.74, 6) is -3.49. The fourth-order valence-corrected chi connectivity index (χ4v) is 5.50. The number of para-hydroxylation sites is 1. The van der Waals surface area contributed by atoms with E-state index in [2.05, 4.69) is 27.4 Å². The van der Waals surface area contributed by atoms with Crippen LogP contribution in [0.25, 0.3) is 0 Å². The Balaban J connectivity index is 1.64. The molecule has 3 heterocycles. The molecule has 9 heteroatoms. The standard InChI is InChI=1S/C27H25F3N4O2/c1-16-18-6-2-3-8-20(18)24-23(25(35)32-17-10-13-31-14-11-17)21(33-26(36)27(28,29)30)12-15-34(24)22-9-5-4-7-19(16)22/h2-11,13-14,16,21,23-24H,12,15H2,1H3,(H,33,36)(H,31,32,35)/t16-,21-,23?,24+/m1/s1. The Kier molecular flexibility index (Phi) is 6.15. The first-order valence-electron chi connectivity index (χ1n) is 11.8. The Labute approximate surface area is 206 Å². The second-order valence-electron chi connectivity index (χ2n) is 9.16. The largest absolute Gasteiger partial charge is 0.471 e. The van der Waals surface area contributed by atoms with E-state index >= 15 is 0 Å². The third-order valence-corrected chi connectivity index (χ3v) is 7.11. The zero-order valence-corrected chi connectivity index (χ0v) is 19.5. The molecule has 0 bridgehead atoms. The van der Waals surface area contributed by atoms with Crippen LogP contribution in [-0.2, 0) is 9.59 Å². The highest BCUT2D eigenvalue weighted by molar-refractivity contribution is 5.95. The van der Waals surface area contributed by atoms with E-state index in [-0.39, 0.29) is 12.3 Å². The molecule has 36 heavy (non-hydrogen) atoms. The van der Waals surface area contributed by atoms with E-state index in [1.807, 2.05) is 48.5 Å². The van der Waals surface area contributed by atoms with Crippen molar-refractivity contribution in [2.75, 3.05) is 16.8 Å². The fraction of sp³-hybridized carbons (Fsp3) is 0.296. The number of aromatic nitrogens is 1. The monoisotopic (exact) mass is 494 g/mol. The number of piperidine rings is 1. The Morgan fingerprint density at radius 2 is 1.58 bits per heavy atom. The second kappa shape index (κ2) is 9.29. The Hall–Kier alpha value is -3.88. The van der Waals surface area contributed by atoms with Crippen LogP contribution in [-0.4, -0.2) is 35.6 Å².